The Morgan fingerprint density at radius 2 is 0.753 bits per heavy atom. The molecule has 0 saturated heterocycles. The molecule has 0 bridgehead atoms. The summed E-state index contributed by atoms with van der Waals surface area (Å²) in [7, 11) is 0. The van der Waals surface area contributed by atoms with Crippen molar-refractivity contribution < 1.29 is 13.2 Å². The molecule has 77 heavy (non-hydrogen) atoms. The van der Waals surface area contributed by atoms with Gasteiger partial charge >= 0.3 is 6.18 Å². The van der Waals surface area contributed by atoms with Gasteiger partial charge in [-0.15, -0.1) is 0 Å². The van der Waals surface area contributed by atoms with Crippen LogP contribution in [0.25, 0.3) is 137 Å². The quantitative estimate of drug-likeness (QED) is 0.148. The molecule has 11 aromatic carbocycles. The van der Waals surface area contributed by atoms with Crippen LogP contribution in [0.4, 0.5) is 18.9 Å². The van der Waals surface area contributed by atoms with Gasteiger partial charge in [-0.05, 0) is 126 Å². The van der Waals surface area contributed by atoms with Gasteiger partial charge in [-0.1, -0.05) is 140 Å². The van der Waals surface area contributed by atoms with Gasteiger partial charge in [0.2, 0.25) is 0 Å². The fourth-order valence-electron chi connectivity index (χ4n) is 12.6. The van der Waals surface area contributed by atoms with Crippen molar-refractivity contribution in [3.63, 3.8) is 0 Å². The molecule has 4 heterocycles. The molecule has 0 unspecified atom stereocenters. The second-order valence-corrected chi connectivity index (χ2v) is 19.9. The smallest absolute Gasteiger partial charge is 0.310 e. The molecule has 4 aromatic heterocycles. The van der Waals surface area contributed by atoms with E-state index in [4.69, 9.17) is 6.57 Å². The minimum atomic E-state index is -4.62. The zero-order valence-corrected chi connectivity index (χ0v) is 41.4. The monoisotopic (exact) mass is 997 g/mol. The van der Waals surface area contributed by atoms with Gasteiger partial charge in [0.1, 0.15) is 0 Å². The van der Waals surface area contributed by atoms with Crippen molar-refractivity contribution in [1.29, 1.82) is 0 Å². The number of aryl methyl sites for hydroxylation is 1. The summed E-state index contributed by atoms with van der Waals surface area (Å²) in [5.41, 5.74) is 13.4. The Kier molecular flexibility index (Phi) is 9.63. The number of hydrogen-bond donors (Lipinski definition) is 0. The Morgan fingerprint density at radius 1 is 0.351 bits per heavy atom. The van der Waals surface area contributed by atoms with Gasteiger partial charge in [-0.2, -0.15) is 13.2 Å². The predicted octanol–water partition coefficient (Wildman–Crippen LogP) is 19.3. The highest BCUT2D eigenvalue weighted by Gasteiger charge is 2.35. The van der Waals surface area contributed by atoms with Crippen LogP contribution < -0.4 is 0 Å². The summed E-state index contributed by atoms with van der Waals surface area (Å²) >= 11 is 0. The van der Waals surface area contributed by atoms with E-state index in [1.807, 2.05) is 54.6 Å². The molecule has 0 fully saturated rings. The van der Waals surface area contributed by atoms with Crippen molar-refractivity contribution in [2.24, 2.45) is 0 Å². The minimum absolute atomic E-state index is 0.0992. The summed E-state index contributed by atoms with van der Waals surface area (Å²) < 4.78 is 54.6. The Morgan fingerprint density at radius 3 is 1.21 bits per heavy atom. The average Bonchev–Trinajstić information content (AvgIpc) is 4.34. The second kappa shape index (κ2) is 16.7. The molecule has 0 atom stereocenters. The first kappa shape index (κ1) is 44.4. The highest BCUT2D eigenvalue weighted by molar-refractivity contribution is 6.15. The highest BCUT2D eigenvalue weighted by Crippen LogP contribution is 2.48. The molecular formula is C69H42F3N5. The van der Waals surface area contributed by atoms with Gasteiger partial charge in [-0.3, -0.25) is 0 Å². The molecule has 364 valence electrons. The van der Waals surface area contributed by atoms with E-state index in [1.54, 1.807) is 19.1 Å². The summed E-state index contributed by atoms with van der Waals surface area (Å²) in [6, 6.07) is 79.3. The number of rotatable bonds is 6. The predicted molar refractivity (Wildman–Crippen MR) is 311 cm³/mol. The van der Waals surface area contributed by atoms with Crippen LogP contribution in [0.5, 0.6) is 0 Å². The molecular weight excluding hydrogens is 956 g/mol. The molecule has 0 aliphatic rings. The molecule has 0 amide bonds. The minimum Gasteiger partial charge on any atom is -0.310 e. The summed E-state index contributed by atoms with van der Waals surface area (Å²) in [5.74, 6) is 0. The number of alkyl halides is 3. The lowest BCUT2D eigenvalue weighted by Crippen LogP contribution is -2.08. The lowest BCUT2D eigenvalue weighted by Gasteiger charge is -2.22. The zero-order valence-electron chi connectivity index (χ0n) is 41.4. The molecule has 0 saturated carbocycles. The molecule has 8 heteroatoms. The maximum Gasteiger partial charge on any atom is 0.417 e. The topological polar surface area (TPSA) is 24.1 Å². The fraction of sp³-hybridized carbons (Fsp3) is 0.0290. The molecule has 0 N–H and O–H groups in total. The van der Waals surface area contributed by atoms with Crippen LogP contribution in [0.1, 0.15) is 11.1 Å². The van der Waals surface area contributed by atoms with E-state index in [-0.39, 0.29) is 5.56 Å². The van der Waals surface area contributed by atoms with E-state index >= 15 is 13.2 Å². The first-order valence-corrected chi connectivity index (χ1v) is 25.6. The van der Waals surface area contributed by atoms with E-state index in [9.17, 15) is 0 Å². The number of aromatic nitrogens is 4. The van der Waals surface area contributed by atoms with Crippen LogP contribution >= 0.6 is 0 Å². The summed E-state index contributed by atoms with van der Waals surface area (Å²) in [6.45, 7) is 10.6. The molecule has 0 aliphatic heterocycles. The first-order valence-electron chi connectivity index (χ1n) is 25.6. The first-order chi connectivity index (χ1) is 37.7. The lowest BCUT2D eigenvalue weighted by molar-refractivity contribution is -0.137. The lowest BCUT2D eigenvalue weighted by atomic mass is 9.90. The zero-order chi connectivity index (χ0) is 51.7. The van der Waals surface area contributed by atoms with E-state index < -0.39 is 11.7 Å². The third-order valence-corrected chi connectivity index (χ3v) is 15.7. The van der Waals surface area contributed by atoms with Gasteiger partial charge in [-0.25, -0.2) is 4.85 Å². The maximum atomic E-state index is 15.2. The SMILES string of the molecule is [C-]#[N+]c1cccc(-n2c3ccccc3c3cc(-n4c5ccccc5c5ccccc54)ccc32)c1-c1cc(-c2c(C)cccc2C(F)(F)F)ccc1-n1c2ccccc2c2cc(-n3c4ccccc4c4ccccc43)ccc21. The van der Waals surface area contributed by atoms with Crippen molar-refractivity contribution in [3.05, 3.63) is 259 Å². The van der Waals surface area contributed by atoms with E-state index in [0.717, 1.165) is 94.5 Å². The summed E-state index contributed by atoms with van der Waals surface area (Å²) in [6.07, 6.45) is -4.62. The Hall–Kier alpha value is -10.1. The average molecular weight is 998 g/mol. The number of para-hydroxylation sites is 6. The number of halogens is 3. The van der Waals surface area contributed by atoms with E-state index in [2.05, 4.69) is 181 Å². The van der Waals surface area contributed by atoms with Crippen molar-refractivity contribution >= 4 is 92.9 Å². The van der Waals surface area contributed by atoms with Gasteiger partial charge in [0, 0.05) is 65.7 Å². The highest BCUT2D eigenvalue weighted by atomic mass is 19.4. The number of nitrogens with zero attached hydrogens (tertiary/aromatic N) is 5. The van der Waals surface area contributed by atoms with Gasteiger partial charge in [0.25, 0.3) is 0 Å². The van der Waals surface area contributed by atoms with Crippen molar-refractivity contribution in [2.45, 2.75) is 13.1 Å². The number of hydrogen-bond acceptors (Lipinski definition) is 0. The molecule has 0 radical (unpaired) electrons. The standard InChI is InChI=1S/C69H42F3N5/c1-42-17-15-24-55(69(70,71)72)67(42)43-33-36-65(76-61-30-13-7-22-50(61)52-40-44(34-37-63(52)76)74-57-26-9-3-18-46(57)47-19-4-10-27-58(47)74)54(39-43)68-56(73-2)25-16-32-66(68)77-62-31-14-8-23-51(62)53-41-45(35-38-64(53)77)75-59-28-11-5-20-48(59)49-21-6-12-29-60(49)75/h3-41H,1H3. The van der Waals surface area contributed by atoms with Crippen LogP contribution in [0.2, 0.25) is 0 Å². The maximum absolute atomic E-state index is 15.2. The molecule has 0 spiro atoms. The second-order valence-electron chi connectivity index (χ2n) is 19.9. The van der Waals surface area contributed by atoms with Crippen LogP contribution in [-0.2, 0) is 6.18 Å². The molecule has 15 aromatic rings. The van der Waals surface area contributed by atoms with Crippen molar-refractivity contribution in [1.82, 2.24) is 18.3 Å². The van der Waals surface area contributed by atoms with Crippen molar-refractivity contribution in [3.8, 4) is 45.0 Å². The molecule has 0 aliphatic carbocycles. The van der Waals surface area contributed by atoms with Crippen LogP contribution in [0.3, 0.4) is 0 Å². The van der Waals surface area contributed by atoms with Crippen LogP contribution in [0, 0.1) is 13.5 Å². The van der Waals surface area contributed by atoms with Crippen molar-refractivity contribution in [2.75, 3.05) is 0 Å². The van der Waals surface area contributed by atoms with E-state index in [0.29, 0.717) is 27.9 Å². The third-order valence-electron chi connectivity index (χ3n) is 15.7. The largest absolute Gasteiger partial charge is 0.417 e. The number of fused-ring (bicyclic) bond motifs is 12. The molecule has 5 nitrogen and oxygen atoms in total. The fourth-order valence-corrected chi connectivity index (χ4v) is 12.6. The Bertz CT molecular complexity index is 4910. The Balaban J connectivity index is 1.02. The van der Waals surface area contributed by atoms with Crippen LogP contribution in [0.15, 0.2) is 237 Å². The van der Waals surface area contributed by atoms with Gasteiger partial charge < -0.3 is 18.3 Å². The number of benzene rings is 11. The normalized spacial score (nSPS) is 12.1. The van der Waals surface area contributed by atoms with E-state index in [1.165, 1.54) is 27.6 Å². The Labute approximate surface area is 439 Å². The third kappa shape index (κ3) is 6.54. The van der Waals surface area contributed by atoms with Gasteiger partial charge in [0.05, 0.1) is 62.0 Å². The molecule has 15 rings (SSSR count). The van der Waals surface area contributed by atoms with Gasteiger partial charge in [0.15, 0.2) is 5.69 Å². The summed E-state index contributed by atoms with van der Waals surface area (Å²) in [4.78, 5) is 4.24. The van der Waals surface area contributed by atoms with Crippen LogP contribution in [-0.4, -0.2) is 18.3 Å². The summed E-state index contributed by atoms with van der Waals surface area (Å²) in [5, 5.41) is 8.73.